The molecule has 420 valence electrons. The molecule has 23 nitrogen and oxygen atoms in total. The summed E-state index contributed by atoms with van der Waals surface area (Å²) in [7, 11) is 1.50. The number of likely N-dealkylation sites (N-methyl/N-ethyl adjacent to an activating group) is 1. The second kappa shape index (κ2) is 28.3. The number of carboxylic acids is 1. The zero-order chi connectivity index (χ0) is 56.9. The smallest absolute Gasteiger partial charge is 0.540 e. The number of anilines is 1. The number of carboxylic acid groups (broad SMARTS) is 1. The molecule has 0 spiro atoms. The van der Waals surface area contributed by atoms with Gasteiger partial charge in [0.2, 0.25) is 41.4 Å². The average molecular weight is 1100 g/mol. The van der Waals surface area contributed by atoms with E-state index in [-0.39, 0.29) is 97.6 Å². The fraction of sp³-hybridized carbons (Fsp3) is 0.491. The summed E-state index contributed by atoms with van der Waals surface area (Å²) < 4.78 is 13.6. The number of rotatable bonds is 25. The van der Waals surface area contributed by atoms with Gasteiger partial charge in [-0.2, -0.15) is 0 Å². The first-order valence-electron chi connectivity index (χ1n) is 26.1. The van der Waals surface area contributed by atoms with Crippen LogP contribution in [-0.2, 0) is 66.2 Å². The Morgan fingerprint density at radius 2 is 1.68 bits per heavy atom. The van der Waals surface area contributed by atoms with Gasteiger partial charge in [0.05, 0.1) is 24.2 Å². The van der Waals surface area contributed by atoms with Crippen molar-refractivity contribution in [1.29, 1.82) is 0 Å². The summed E-state index contributed by atoms with van der Waals surface area (Å²) in [6.07, 6.45) is 0.327. The number of aliphatic hydroxyl groups excluding tert-OH is 1. The Kier molecular flexibility index (Phi) is 22.5. The van der Waals surface area contributed by atoms with Crippen molar-refractivity contribution in [3.63, 3.8) is 0 Å². The zero-order valence-corrected chi connectivity index (χ0v) is 47.5. The summed E-state index contributed by atoms with van der Waals surface area (Å²) in [5.41, 5.74) is -0.131. The van der Waals surface area contributed by atoms with Crippen LogP contribution in [0, 0.1) is 5.92 Å². The number of nitrogens with one attached hydrogen (secondary N) is 9. The number of hydrogen-bond donors (Lipinski definition) is 11. The van der Waals surface area contributed by atoms with Crippen LogP contribution < -0.4 is 86.9 Å². The van der Waals surface area contributed by atoms with E-state index in [9.17, 15) is 58.2 Å². The maximum absolute atomic E-state index is 14.4. The van der Waals surface area contributed by atoms with Crippen molar-refractivity contribution in [2.45, 2.75) is 140 Å². The van der Waals surface area contributed by atoms with Crippen molar-refractivity contribution in [3.8, 4) is 11.5 Å². The molecule has 0 aliphatic carbocycles. The molecule has 3 aliphatic rings. The molecule has 6 rings (SSSR count). The standard InChI is InChI=1S/C55H70N9O14.Na/c1-7-40(67)61-38(49(72)59-29-42(69)57-20-22-65)28-55-35-17-13-18-39(78-54(5,8-2)47(56-6)52(75)76)43(35)64-53(55)77-46-34-24-30(3)25-37(62-48(71)31(4)60-41(68)19-12-16-32-14-10-9-11-15-32)50(73)63-44(51(74)58-21-23-66)45(70)33(26-34)27-36(46)55;/h9-11,13-15,17-18,22,26-27,30-31,37-38,44-45,47,53,56,64,70H,7-8,12,16,19-21,24-25,28-29H2,1-6H3,(H,57,69)(H,58,74)(H,59,72)(H,60,68)(H,61,67)(H,62,71)(H,63,73)(H,75,76);/q-1;+1/t30?,31?,37?,38?,44?,45?,47?,53?,54?,55-;/m0./s1. The first kappa shape index (κ1) is 62.9. The molecule has 0 radical (unpaired) electrons. The largest absolute Gasteiger partial charge is 1.00 e. The van der Waals surface area contributed by atoms with Crippen LogP contribution in [0.15, 0.2) is 60.7 Å². The number of amides is 7. The molecule has 0 saturated carbocycles. The maximum Gasteiger partial charge on any atom is 1.00 e. The zero-order valence-electron chi connectivity index (χ0n) is 45.5. The third-order valence-electron chi connectivity index (χ3n) is 14.5. The Balaban J connectivity index is 0.0000115. The van der Waals surface area contributed by atoms with Crippen LogP contribution in [0.3, 0.4) is 0 Å². The number of benzene rings is 3. The van der Waals surface area contributed by atoms with Gasteiger partial charge in [-0.3, -0.25) is 38.4 Å². The number of aldehydes is 1. The monoisotopic (exact) mass is 1100 g/mol. The van der Waals surface area contributed by atoms with Crippen LogP contribution in [-0.4, -0.2) is 139 Å². The summed E-state index contributed by atoms with van der Waals surface area (Å²) in [6.45, 7) is 6.80. The van der Waals surface area contributed by atoms with Crippen molar-refractivity contribution in [3.05, 3.63) is 88.5 Å². The maximum atomic E-state index is 14.4. The average Bonchev–Trinajstić information content (AvgIpc) is 3.90. The van der Waals surface area contributed by atoms with Crippen molar-refractivity contribution >= 4 is 65.6 Å². The number of ether oxygens (including phenoxy) is 2. The minimum atomic E-state index is -1.87. The van der Waals surface area contributed by atoms with Crippen molar-refractivity contribution in [2.75, 3.05) is 32.0 Å². The third-order valence-corrected chi connectivity index (χ3v) is 14.5. The second-order valence-corrected chi connectivity index (χ2v) is 20.1. The van der Waals surface area contributed by atoms with Crippen LogP contribution in [0.25, 0.3) is 0 Å². The van der Waals surface area contributed by atoms with E-state index in [1.54, 1.807) is 57.4 Å². The van der Waals surface area contributed by atoms with Crippen LogP contribution >= 0.6 is 0 Å². The fourth-order valence-corrected chi connectivity index (χ4v) is 10.3. The fourth-order valence-electron chi connectivity index (χ4n) is 10.3. The van der Waals surface area contributed by atoms with Gasteiger partial charge in [-0.15, -0.1) is 0 Å². The molecular weight excluding hydrogens is 1030 g/mol. The van der Waals surface area contributed by atoms with Crippen molar-refractivity contribution < 1.29 is 97.2 Å². The molecule has 9 unspecified atom stereocenters. The minimum Gasteiger partial charge on any atom is -0.540 e. The molecule has 79 heavy (non-hydrogen) atoms. The van der Waals surface area contributed by atoms with Crippen LogP contribution in [0.4, 0.5) is 5.69 Å². The number of fused-ring (bicyclic) bond motifs is 8. The Morgan fingerprint density at radius 1 is 0.949 bits per heavy atom. The Bertz CT molecular complexity index is 2750. The first-order valence-corrected chi connectivity index (χ1v) is 26.1. The number of carbonyl (C=O) groups is 9. The molecule has 0 aromatic heterocycles. The number of carbonyl (C=O) groups excluding carboxylic acids is 9. The molecule has 11 N–H and O–H groups in total. The molecule has 2 bridgehead atoms. The third kappa shape index (κ3) is 14.9. The quantitative estimate of drug-likeness (QED) is 0.0235. The minimum absolute atomic E-state index is 0. The summed E-state index contributed by atoms with van der Waals surface area (Å²) in [5, 5.41) is 47.0. The van der Waals surface area contributed by atoms with Gasteiger partial charge in [0, 0.05) is 18.4 Å². The number of hydrogen-bond acceptors (Lipinski definition) is 15. The van der Waals surface area contributed by atoms with E-state index >= 15 is 0 Å². The molecule has 7 amide bonds. The summed E-state index contributed by atoms with van der Waals surface area (Å²) >= 11 is 0. The molecule has 10 atom stereocenters. The Hall–Kier alpha value is -6.92. The van der Waals surface area contributed by atoms with Gasteiger partial charge in [-0.1, -0.05) is 69.8 Å². The van der Waals surface area contributed by atoms with Crippen LogP contribution in [0.1, 0.15) is 107 Å². The van der Waals surface area contributed by atoms with E-state index in [4.69, 9.17) is 9.47 Å². The normalized spacial score (nSPS) is 21.6. The predicted molar refractivity (Wildman–Crippen MR) is 282 cm³/mol. The summed E-state index contributed by atoms with van der Waals surface area (Å²) in [5.74, 6) is -6.08. The summed E-state index contributed by atoms with van der Waals surface area (Å²) in [6, 6.07) is 11.0. The Labute approximate surface area is 480 Å². The van der Waals surface area contributed by atoms with Gasteiger partial charge in [0.25, 0.3) is 0 Å². The van der Waals surface area contributed by atoms with Crippen LogP contribution in [0.2, 0.25) is 0 Å². The van der Waals surface area contributed by atoms with E-state index in [1.807, 2.05) is 37.3 Å². The number of para-hydroxylation sites is 1. The molecule has 0 fully saturated rings. The van der Waals surface area contributed by atoms with Gasteiger partial charge in [0.15, 0.2) is 6.23 Å². The molecule has 0 saturated heterocycles. The van der Waals surface area contributed by atoms with Crippen molar-refractivity contribution in [1.82, 2.24) is 42.5 Å². The number of aliphatic hydroxyl groups is 1. The number of aryl methyl sites for hydroxylation is 1. The first-order chi connectivity index (χ1) is 37.2. The summed E-state index contributed by atoms with van der Waals surface area (Å²) in [4.78, 5) is 130. The second-order valence-electron chi connectivity index (χ2n) is 20.1. The molecular formula is C55H70N9NaO14. The molecule has 24 heteroatoms. The molecule has 3 heterocycles. The molecule has 3 aromatic rings. The van der Waals surface area contributed by atoms with E-state index in [0.717, 1.165) is 5.56 Å². The van der Waals surface area contributed by atoms with Gasteiger partial charge >= 0.3 is 35.5 Å². The predicted octanol–water partition coefficient (Wildman–Crippen LogP) is -2.60. The SMILES string of the molecule is CCC(=O)NC(C[C@@]12c3cccc(OC(C)(CC)C(NC)C(=O)O)c3NC1Oc1c3cc(cc12)C(O)C(C(=O)NC[C-]=O)NC(=O)C(NC(=O)C(C)NC(=O)CCCc1ccccc1)CC(C)C3)C(=O)NCC(=O)NCC=O.[Na+]. The van der Waals surface area contributed by atoms with E-state index < -0.39 is 114 Å². The van der Waals surface area contributed by atoms with E-state index in [1.165, 1.54) is 14.0 Å². The van der Waals surface area contributed by atoms with E-state index in [2.05, 4.69) is 47.9 Å². The topological polar surface area (TPSA) is 338 Å². The Morgan fingerprint density at radius 3 is 2.34 bits per heavy atom. The van der Waals surface area contributed by atoms with Crippen molar-refractivity contribution in [2.24, 2.45) is 5.92 Å². The van der Waals surface area contributed by atoms with Crippen LogP contribution in [0.5, 0.6) is 11.5 Å². The van der Waals surface area contributed by atoms with Gasteiger partial charge in [-0.25, -0.2) is 6.29 Å². The van der Waals surface area contributed by atoms with Gasteiger partial charge in [-0.05, 0) is 106 Å². The molecule has 3 aromatic carbocycles. The number of aliphatic carboxylic acids is 1. The van der Waals surface area contributed by atoms with Gasteiger partial charge < -0.3 is 77.1 Å². The molecule has 3 aliphatic heterocycles. The van der Waals surface area contributed by atoms with Gasteiger partial charge in [0.1, 0.15) is 59.7 Å². The van der Waals surface area contributed by atoms with E-state index in [0.29, 0.717) is 41.5 Å².